The zero-order valence-electron chi connectivity index (χ0n) is 12.6. The predicted molar refractivity (Wildman–Crippen MR) is 75.3 cm³/mol. The van der Waals surface area contributed by atoms with Gasteiger partial charge in [-0.2, -0.15) is 0 Å². The Hall–Kier alpha value is -0.980. The average molecular weight is 283 g/mol. The quantitative estimate of drug-likeness (QED) is 0.710. The number of rotatable bonds is 5. The highest BCUT2D eigenvalue weighted by Gasteiger charge is 2.40. The Balaban J connectivity index is 1.83. The summed E-state index contributed by atoms with van der Waals surface area (Å²) >= 11 is 0. The lowest BCUT2D eigenvalue weighted by atomic mass is 10.2. The van der Waals surface area contributed by atoms with Gasteiger partial charge in [0.05, 0.1) is 25.7 Å². The van der Waals surface area contributed by atoms with E-state index in [0.717, 1.165) is 32.8 Å². The largest absolute Gasteiger partial charge is 0.379 e. The van der Waals surface area contributed by atoms with Crippen LogP contribution in [-0.4, -0.2) is 72.6 Å². The fourth-order valence-corrected chi connectivity index (χ4v) is 2.89. The Morgan fingerprint density at radius 2 is 1.90 bits per heavy atom. The number of imide groups is 1. The number of carbonyl (C=O) groups is 2. The van der Waals surface area contributed by atoms with E-state index in [1.165, 1.54) is 4.90 Å². The minimum Gasteiger partial charge on any atom is -0.379 e. The molecule has 2 rings (SSSR count). The second kappa shape index (κ2) is 6.65. The van der Waals surface area contributed by atoms with E-state index in [9.17, 15) is 9.59 Å². The van der Waals surface area contributed by atoms with Crippen molar-refractivity contribution in [3.63, 3.8) is 0 Å². The number of nitrogens with zero attached hydrogens (tertiary/aromatic N) is 2. The number of morpholine rings is 1. The number of amides is 2. The van der Waals surface area contributed by atoms with E-state index in [1.807, 2.05) is 13.8 Å². The van der Waals surface area contributed by atoms with Crippen molar-refractivity contribution in [3.8, 4) is 0 Å². The third kappa shape index (κ3) is 3.56. The highest BCUT2D eigenvalue weighted by atomic mass is 16.5. The van der Waals surface area contributed by atoms with Crippen molar-refractivity contribution in [1.82, 2.24) is 15.1 Å². The van der Waals surface area contributed by atoms with Gasteiger partial charge in [-0.1, -0.05) is 0 Å². The molecule has 2 unspecified atom stereocenters. The molecule has 2 saturated heterocycles. The minimum atomic E-state index is -0.360. The molecule has 0 saturated carbocycles. The van der Waals surface area contributed by atoms with Crippen LogP contribution in [0.25, 0.3) is 0 Å². The Kier molecular flexibility index (Phi) is 5.12. The first kappa shape index (κ1) is 15.4. The summed E-state index contributed by atoms with van der Waals surface area (Å²) in [6.07, 6.45) is 0.282. The summed E-state index contributed by atoms with van der Waals surface area (Å²) < 4.78 is 5.32. The molecule has 2 amide bonds. The third-order valence-corrected chi connectivity index (χ3v) is 3.82. The van der Waals surface area contributed by atoms with Crippen LogP contribution in [0.2, 0.25) is 0 Å². The van der Waals surface area contributed by atoms with E-state index >= 15 is 0 Å². The van der Waals surface area contributed by atoms with E-state index in [2.05, 4.69) is 17.1 Å². The summed E-state index contributed by atoms with van der Waals surface area (Å²) in [5, 5.41) is 3.30. The van der Waals surface area contributed by atoms with Gasteiger partial charge in [0.1, 0.15) is 0 Å². The van der Waals surface area contributed by atoms with Crippen LogP contribution >= 0.6 is 0 Å². The number of nitrogens with one attached hydrogen (secondary N) is 1. The van der Waals surface area contributed by atoms with Crippen LogP contribution in [0.4, 0.5) is 0 Å². The van der Waals surface area contributed by atoms with Crippen LogP contribution in [0.3, 0.4) is 0 Å². The first-order valence-electron chi connectivity index (χ1n) is 7.41. The first-order chi connectivity index (χ1) is 9.49. The average Bonchev–Trinajstić information content (AvgIpc) is 2.65. The van der Waals surface area contributed by atoms with Gasteiger partial charge < -0.3 is 10.1 Å². The molecule has 2 heterocycles. The first-order valence-corrected chi connectivity index (χ1v) is 7.41. The van der Waals surface area contributed by atoms with Crippen LogP contribution < -0.4 is 5.32 Å². The van der Waals surface area contributed by atoms with Crippen molar-refractivity contribution in [2.24, 2.45) is 0 Å². The Morgan fingerprint density at radius 1 is 1.25 bits per heavy atom. The van der Waals surface area contributed by atoms with E-state index < -0.39 is 0 Å². The number of ether oxygens (including phenoxy) is 1. The van der Waals surface area contributed by atoms with E-state index in [0.29, 0.717) is 0 Å². The smallest absolute Gasteiger partial charge is 0.247 e. The number of likely N-dealkylation sites (tertiary alicyclic amines) is 1. The molecular formula is C14H25N3O3. The molecule has 0 bridgehead atoms. The molecule has 0 radical (unpaired) electrons. The van der Waals surface area contributed by atoms with Crippen molar-refractivity contribution < 1.29 is 14.3 Å². The van der Waals surface area contributed by atoms with E-state index in [-0.39, 0.29) is 36.4 Å². The van der Waals surface area contributed by atoms with E-state index in [4.69, 9.17) is 4.74 Å². The molecular weight excluding hydrogens is 258 g/mol. The minimum absolute atomic E-state index is 0.0589. The van der Waals surface area contributed by atoms with Gasteiger partial charge in [0.2, 0.25) is 11.8 Å². The van der Waals surface area contributed by atoms with Gasteiger partial charge in [-0.3, -0.25) is 19.4 Å². The lowest BCUT2D eigenvalue weighted by molar-refractivity contribution is -0.140. The molecule has 0 aromatic carbocycles. The van der Waals surface area contributed by atoms with Crippen LogP contribution in [0.1, 0.15) is 27.2 Å². The van der Waals surface area contributed by atoms with Crippen LogP contribution in [0.15, 0.2) is 0 Å². The fourth-order valence-electron chi connectivity index (χ4n) is 2.89. The molecule has 114 valence electrons. The number of hydrogen-bond donors (Lipinski definition) is 1. The van der Waals surface area contributed by atoms with Gasteiger partial charge in [-0.05, 0) is 20.8 Å². The lowest BCUT2D eigenvalue weighted by Gasteiger charge is -2.30. The summed E-state index contributed by atoms with van der Waals surface area (Å²) in [6.45, 7) is 10.1. The highest BCUT2D eigenvalue weighted by Crippen LogP contribution is 2.16. The molecule has 2 fully saturated rings. The SMILES string of the molecule is CC(CN1CCOCC1)NC1CC(=O)N(C(C)C)C1=O. The molecule has 2 aliphatic heterocycles. The Labute approximate surface area is 120 Å². The molecule has 6 nitrogen and oxygen atoms in total. The highest BCUT2D eigenvalue weighted by molar-refractivity contribution is 6.05. The summed E-state index contributed by atoms with van der Waals surface area (Å²) in [5.41, 5.74) is 0. The normalized spacial score (nSPS) is 26.6. The molecule has 0 aromatic rings. The topological polar surface area (TPSA) is 61.9 Å². The zero-order valence-corrected chi connectivity index (χ0v) is 12.6. The Morgan fingerprint density at radius 3 is 2.45 bits per heavy atom. The maximum Gasteiger partial charge on any atom is 0.247 e. The molecule has 2 atom stereocenters. The van der Waals surface area contributed by atoms with Crippen molar-refractivity contribution in [2.75, 3.05) is 32.8 Å². The van der Waals surface area contributed by atoms with Crippen LogP contribution in [-0.2, 0) is 14.3 Å². The van der Waals surface area contributed by atoms with E-state index in [1.54, 1.807) is 0 Å². The second-order valence-corrected chi connectivity index (χ2v) is 5.93. The van der Waals surface area contributed by atoms with Gasteiger partial charge in [-0.15, -0.1) is 0 Å². The molecule has 20 heavy (non-hydrogen) atoms. The molecule has 2 aliphatic rings. The van der Waals surface area contributed by atoms with Gasteiger partial charge in [0, 0.05) is 31.7 Å². The third-order valence-electron chi connectivity index (χ3n) is 3.82. The second-order valence-electron chi connectivity index (χ2n) is 5.93. The molecule has 0 spiro atoms. The van der Waals surface area contributed by atoms with Crippen LogP contribution in [0.5, 0.6) is 0 Å². The maximum absolute atomic E-state index is 12.2. The summed E-state index contributed by atoms with van der Waals surface area (Å²) in [4.78, 5) is 27.7. The van der Waals surface area contributed by atoms with Gasteiger partial charge in [-0.25, -0.2) is 0 Å². The molecule has 1 N–H and O–H groups in total. The Bertz CT molecular complexity index is 367. The fraction of sp³-hybridized carbons (Fsp3) is 0.857. The van der Waals surface area contributed by atoms with Gasteiger partial charge in [0.25, 0.3) is 0 Å². The van der Waals surface area contributed by atoms with Crippen molar-refractivity contribution >= 4 is 11.8 Å². The van der Waals surface area contributed by atoms with Crippen LogP contribution in [0, 0.1) is 0 Å². The monoisotopic (exact) mass is 283 g/mol. The van der Waals surface area contributed by atoms with Crippen molar-refractivity contribution in [1.29, 1.82) is 0 Å². The predicted octanol–water partition coefficient (Wildman–Crippen LogP) is -0.167. The van der Waals surface area contributed by atoms with Gasteiger partial charge >= 0.3 is 0 Å². The summed E-state index contributed by atoms with van der Waals surface area (Å²) in [6, 6.07) is -0.237. The van der Waals surface area contributed by atoms with Crippen molar-refractivity contribution in [2.45, 2.75) is 45.3 Å². The molecule has 6 heteroatoms. The van der Waals surface area contributed by atoms with Gasteiger partial charge in [0.15, 0.2) is 0 Å². The molecule has 0 aromatic heterocycles. The standard InChI is InChI=1S/C14H25N3O3/c1-10(2)17-13(18)8-12(14(17)19)15-11(3)9-16-4-6-20-7-5-16/h10-12,15H,4-9H2,1-3H3. The maximum atomic E-state index is 12.2. The summed E-state index contributed by atoms with van der Waals surface area (Å²) in [7, 11) is 0. The lowest BCUT2D eigenvalue weighted by Crippen LogP contribution is -2.49. The number of carbonyl (C=O) groups excluding carboxylic acids is 2. The number of hydrogen-bond acceptors (Lipinski definition) is 5. The summed E-state index contributed by atoms with van der Waals surface area (Å²) in [5.74, 6) is -0.153. The molecule has 0 aliphatic carbocycles. The van der Waals surface area contributed by atoms with Crippen molar-refractivity contribution in [3.05, 3.63) is 0 Å². The zero-order chi connectivity index (χ0) is 14.7.